The second kappa shape index (κ2) is 5.48. The highest BCUT2D eigenvalue weighted by atomic mass is 16.2. The van der Waals surface area contributed by atoms with Crippen molar-refractivity contribution in [3.63, 3.8) is 0 Å². The molecule has 0 aliphatic rings. The van der Waals surface area contributed by atoms with Crippen LogP contribution in [0.15, 0.2) is 18.2 Å². The van der Waals surface area contributed by atoms with Gasteiger partial charge in [0.2, 0.25) is 11.8 Å². The highest BCUT2D eigenvalue weighted by Crippen LogP contribution is 2.17. The Bertz CT molecular complexity index is 441. The summed E-state index contributed by atoms with van der Waals surface area (Å²) in [6.07, 6.45) is 0.0662. The maximum absolute atomic E-state index is 11.8. The summed E-state index contributed by atoms with van der Waals surface area (Å²) >= 11 is 0. The average molecular weight is 234 g/mol. The monoisotopic (exact) mass is 234 g/mol. The molecule has 0 bridgehead atoms. The Morgan fingerprint density at radius 2 is 2.00 bits per heavy atom. The van der Waals surface area contributed by atoms with Crippen molar-refractivity contribution in [3.8, 4) is 0 Å². The van der Waals surface area contributed by atoms with Crippen LogP contribution < -0.4 is 11.1 Å². The van der Waals surface area contributed by atoms with Gasteiger partial charge in [0.25, 0.3) is 0 Å². The van der Waals surface area contributed by atoms with E-state index in [1.165, 1.54) is 0 Å². The first kappa shape index (κ1) is 13.2. The van der Waals surface area contributed by atoms with Crippen LogP contribution >= 0.6 is 0 Å². The number of anilines is 1. The molecule has 0 radical (unpaired) electrons. The number of primary amides is 1. The lowest BCUT2D eigenvalue weighted by Gasteiger charge is -2.12. The van der Waals surface area contributed by atoms with Crippen LogP contribution in [0.2, 0.25) is 0 Å². The van der Waals surface area contributed by atoms with Crippen molar-refractivity contribution in [2.24, 2.45) is 11.7 Å². The second-order valence-corrected chi connectivity index (χ2v) is 4.38. The largest absolute Gasteiger partial charge is 0.370 e. The average Bonchev–Trinajstić information content (AvgIpc) is 2.21. The fraction of sp³-hybridized carbons (Fsp3) is 0.385. The van der Waals surface area contributed by atoms with Gasteiger partial charge in [-0.3, -0.25) is 9.59 Å². The smallest absolute Gasteiger partial charge is 0.227 e. The fourth-order valence-electron chi connectivity index (χ4n) is 1.60. The molecule has 0 fully saturated rings. The molecule has 17 heavy (non-hydrogen) atoms. The van der Waals surface area contributed by atoms with Crippen LogP contribution in [-0.4, -0.2) is 11.8 Å². The summed E-state index contributed by atoms with van der Waals surface area (Å²) in [5.74, 6) is -1.06. The van der Waals surface area contributed by atoms with Gasteiger partial charge in [0.15, 0.2) is 0 Å². The molecule has 1 aromatic carbocycles. The number of nitrogens with one attached hydrogen (secondary N) is 1. The molecule has 0 heterocycles. The Balaban J connectivity index is 2.71. The summed E-state index contributed by atoms with van der Waals surface area (Å²) in [5.41, 5.74) is 7.98. The van der Waals surface area contributed by atoms with E-state index in [0.29, 0.717) is 0 Å². The van der Waals surface area contributed by atoms with Crippen LogP contribution in [0.1, 0.15) is 24.5 Å². The number of rotatable bonds is 4. The second-order valence-electron chi connectivity index (χ2n) is 4.38. The molecule has 0 spiro atoms. The predicted octanol–water partition coefficient (Wildman–Crippen LogP) is 1.75. The lowest BCUT2D eigenvalue weighted by Crippen LogP contribution is -2.25. The third-order valence-corrected chi connectivity index (χ3v) is 2.59. The number of amides is 2. The number of aryl methyl sites for hydroxylation is 2. The molecule has 1 rings (SSSR count). The van der Waals surface area contributed by atoms with Gasteiger partial charge in [-0.25, -0.2) is 0 Å². The molecule has 92 valence electrons. The van der Waals surface area contributed by atoms with Crippen LogP contribution in [0.4, 0.5) is 5.69 Å². The van der Waals surface area contributed by atoms with Crippen molar-refractivity contribution in [2.45, 2.75) is 27.2 Å². The van der Waals surface area contributed by atoms with Gasteiger partial charge in [-0.15, -0.1) is 0 Å². The summed E-state index contributed by atoms with van der Waals surface area (Å²) in [6.45, 7) is 5.61. The molecule has 4 heteroatoms. The zero-order chi connectivity index (χ0) is 13.0. The SMILES string of the molecule is Cc1ccc(NC(=O)C(C)CC(N)=O)c(C)c1. The van der Waals surface area contributed by atoms with Crippen LogP contribution in [0.3, 0.4) is 0 Å². The number of nitrogens with two attached hydrogens (primary N) is 1. The summed E-state index contributed by atoms with van der Waals surface area (Å²) in [5, 5.41) is 2.80. The van der Waals surface area contributed by atoms with E-state index in [0.717, 1.165) is 16.8 Å². The highest BCUT2D eigenvalue weighted by molar-refractivity contribution is 5.95. The first-order chi connectivity index (χ1) is 7.90. The molecular formula is C13H18N2O2. The minimum absolute atomic E-state index is 0.0662. The number of hydrogen-bond acceptors (Lipinski definition) is 2. The lowest BCUT2D eigenvalue weighted by atomic mass is 10.1. The van der Waals surface area contributed by atoms with Crippen LogP contribution in [0.5, 0.6) is 0 Å². The van der Waals surface area contributed by atoms with E-state index < -0.39 is 11.8 Å². The zero-order valence-corrected chi connectivity index (χ0v) is 10.4. The van der Waals surface area contributed by atoms with Crippen LogP contribution in [-0.2, 0) is 9.59 Å². The van der Waals surface area contributed by atoms with Crippen molar-refractivity contribution in [2.75, 3.05) is 5.32 Å². The van der Waals surface area contributed by atoms with Crippen molar-refractivity contribution in [3.05, 3.63) is 29.3 Å². The van der Waals surface area contributed by atoms with E-state index in [4.69, 9.17) is 5.73 Å². The Morgan fingerprint density at radius 1 is 1.35 bits per heavy atom. The van der Waals surface area contributed by atoms with Crippen LogP contribution in [0, 0.1) is 19.8 Å². The summed E-state index contributed by atoms with van der Waals surface area (Å²) in [4.78, 5) is 22.5. The topological polar surface area (TPSA) is 72.2 Å². The molecule has 3 N–H and O–H groups in total. The van der Waals surface area contributed by atoms with Crippen LogP contribution in [0.25, 0.3) is 0 Å². The van der Waals surface area contributed by atoms with E-state index in [1.807, 2.05) is 32.0 Å². The quantitative estimate of drug-likeness (QED) is 0.833. The molecular weight excluding hydrogens is 216 g/mol. The van der Waals surface area contributed by atoms with Gasteiger partial charge in [-0.2, -0.15) is 0 Å². The molecule has 0 saturated heterocycles. The molecule has 0 aromatic heterocycles. The Morgan fingerprint density at radius 3 is 2.53 bits per heavy atom. The van der Waals surface area contributed by atoms with E-state index in [2.05, 4.69) is 5.32 Å². The maximum Gasteiger partial charge on any atom is 0.227 e. The predicted molar refractivity (Wildman–Crippen MR) is 67.5 cm³/mol. The third-order valence-electron chi connectivity index (χ3n) is 2.59. The van der Waals surface area contributed by atoms with Gasteiger partial charge in [0, 0.05) is 18.0 Å². The number of benzene rings is 1. The minimum Gasteiger partial charge on any atom is -0.370 e. The molecule has 0 saturated carbocycles. The fourth-order valence-corrected chi connectivity index (χ4v) is 1.60. The van der Waals surface area contributed by atoms with Crippen molar-refractivity contribution >= 4 is 17.5 Å². The van der Waals surface area contributed by atoms with E-state index in [-0.39, 0.29) is 12.3 Å². The first-order valence-electron chi connectivity index (χ1n) is 5.56. The molecule has 4 nitrogen and oxygen atoms in total. The van der Waals surface area contributed by atoms with Gasteiger partial charge >= 0.3 is 0 Å². The first-order valence-corrected chi connectivity index (χ1v) is 5.56. The van der Waals surface area contributed by atoms with Crippen molar-refractivity contribution < 1.29 is 9.59 Å². The third kappa shape index (κ3) is 3.90. The number of hydrogen-bond donors (Lipinski definition) is 2. The zero-order valence-electron chi connectivity index (χ0n) is 10.4. The number of carbonyl (C=O) groups is 2. The van der Waals surface area contributed by atoms with E-state index >= 15 is 0 Å². The van der Waals surface area contributed by atoms with Gasteiger partial charge in [-0.1, -0.05) is 24.6 Å². The highest BCUT2D eigenvalue weighted by Gasteiger charge is 2.15. The van der Waals surface area contributed by atoms with E-state index in [9.17, 15) is 9.59 Å². The maximum atomic E-state index is 11.8. The van der Waals surface area contributed by atoms with Gasteiger partial charge < -0.3 is 11.1 Å². The molecule has 0 aliphatic carbocycles. The standard InChI is InChI=1S/C13H18N2O2/c1-8-4-5-11(9(2)6-8)15-13(17)10(3)7-12(14)16/h4-6,10H,7H2,1-3H3,(H2,14,16)(H,15,17). The van der Waals surface area contributed by atoms with Gasteiger partial charge in [-0.05, 0) is 25.5 Å². The van der Waals surface area contributed by atoms with Crippen molar-refractivity contribution in [1.29, 1.82) is 0 Å². The summed E-state index contributed by atoms with van der Waals surface area (Å²) in [6, 6.07) is 5.79. The summed E-state index contributed by atoms with van der Waals surface area (Å²) in [7, 11) is 0. The molecule has 2 amide bonds. The van der Waals surface area contributed by atoms with E-state index in [1.54, 1.807) is 6.92 Å². The van der Waals surface area contributed by atoms with Gasteiger partial charge in [0.05, 0.1) is 0 Å². The molecule has 0 aliphatic heterocycles. The number of carbonyl (C=O) groups excluding carboxylic acids is 2. The lowest BCUT2D eigenvalue weighted by molar-refractivity contribution is -0.125. The molecule has 1 unspecified atom stereocenters. The normalized spacial score (nSPS) is 11.9. The Labute approximate surface area is 101 Å². The van der Waals surface area contributed by atoms with Crippen molar-refractivity contribution in [1.82, 2.24) is 0 Å². The summed E-state index contributed by atoms with van der Waals surface area (Å²) < 4.78 is 0. The minimum atomic E-state index is -0.465. The Kier molecular flexibility index (Phi) is 4.26. The van der Waals surface area contributed by atoms with Gasteiger partial charge in [0.1, 0.15) is 0 Å². The Hall–Kier alpha value is -1.84. The molecule has 1 aromatic rings. The molecule has 1 atom stereocenters.